The van der Waals surface area contributed by atoms with Crippen LogP contribution in [0.3, 0.4) is 0 Å². The van der Waals surface area contributed by atoms with Gasteiger partial charge in [0.25, 0.3) is 0 Å². The molecule has 0 N–H and O–H groups in total. The molecule has 0 atom stereocenters. The molecule has 2 rings (SSSR count). The van der Waals surface area contributed by atoms with Gasteiger partial charge in [0.2, 0.25) is 0 Å². The van der Waals surface area contributed by atoms with E-state index in [0.717, 1.165) is 27.5 Å². The lowest BCUT2D eigenvalue weighted by atomic mass is 10.2. The third-order valence-electron chi connectivity index (χ3n) is 3.17. The van der Waals surface area contributed by atoms with E-state index in [1.165, 1.54) is 0 Å². The third-order valence-corrected chi connectivity index (χ3v) is 5.26. The fourth-order valence-electron chi connectivity index (χ4n) is 1.91. The number of benzene rings is 2. The van der Waals surface area contributed by atoms with E-state index in [9.17, 15) is 4.79 Å². The van der Waals surface area contributed by atoms with Crippen LogP contribution in [0.4, 0.5) is 5.69 Å². The summed E-state index contributed by atoms with van der Waals surface area (Å²) < 4.78 is 11.4. The Morgan fingerprint density at radius 1 is 1.20 bits per heavy atom. The monoisotopic (exact) mass is 373 g/mol. The molecule has 4 nitrogen and oxygen atoms in total. The summed E-state index contributed by atoms with van der Waals surface area (Å²) in [7, 11) is 1.64. The molecule has 2 aromatic carbocycles. The number of hydrogen-bond donors (Lipinski definition) is 0. The third kappa shape index (κ3) is 5.99. The van der Waals surface area contributed by atoms with E-state index >= 15 is 0 Å². The lowest BCUT2D eigenvalue weighted by Gasteiger charge is -2.09. The first-order valence-electron chi connectivity index (χ1n) is 7.48. The van der Waals surface area contributed by atoms with E-state index in [4.69, 9.17) is 9.47 Å². The molecule has 0 saturated carbocycles. The van der Waals surface area contributed by atoms with Crippen molar-refractivity contribution in [2.24, 2.45) is 4.99 Å². The highest BCUT2D eigenvalue weighted by molar-refractivity contribution is 8.38. The summed E-state index contributed by atoms with van der Waals surface area (Å²) in [6.45, 7) is 3.42. The maximum absolute atomic E-state index is 11.4. The van der Waals surface area contributed by atoms with Crippen LogP contribution in [0.25, 0.3) is 0 Å². The highest BCUT2D eigenvalue weighted by atomic mass is 32.2. The number of ether oxygens (including phenoxy) is 2. The molecule has 2 aromatic rings. The number of hydrogen-bond acceptors (Lipinski definition) is 6. The second-order valence-electron chi connectivity index (χ2n) is 4.80. The largest absolute Gasteiger partial charge is 0.497 e. The second-order valence-corrected chi connectivity index (χ2v) is 6.82. The van der Waals surface area contributed by atoms with Crippen molar-refractivity contribution in [3.63, 3.8) is 0 Å². The Morgan fingerprint density at radius 2 is 1.92 bits per heavy atom. The van der Waals surface area contributed by atoms with Crippen molar-refractivity contribution in [2.45, 2.75) is 5.75 Å². The molecule has 0 spiro atoms. The van der Waals surface area contributed by atoms with Crippen LogP contribution in [-0.2, 0) is 10.5 Å². The zero-order valence-electron chi connectivity index (χ0n) is 14.1. The summed E-state index contributed by atoms with van der Waals surface area (Å²) in [5, 5.41) is 0. The van der Waals surface area contributed by atoms with Gasteiger partial charge in [0.15, 0.2) is 0 Å². The van der Waals surface area contributed by atoms with E-state index in [1.54, 1.807) is 36.7 Å². The number of nitrogens with zero attached hydrogens (tertiary/aromatic N) is 1. The van der Waals surface area contributed by atoms with Crippen LogP contribution in [0.2, 0.25) is 0 Å². The van der Waals surface area contributed by atoms with Crippen molar-refractivity contribution in [3.05, 3.63) is 66.7 Å². The second kappa shape index (κ2) is 9.96. The Labute approximate surface area is 156 Å². The molecule has 0 aliphatic carbocycles. The maximum atomic E-state index is 11.4. The molecule has 0 heterocycles. The van der Waals surface area contributed by atoms with Crippen molar-refractivity contribution >= 4 is 39.6 Å². The zero-order chi connectivity index (χ0) is 18.1. The first-order valence-corrected chi connectivity index (χ1v) is 9.69. The van der Waals surface area contributed by atoms with Gasteiger partial charge < -0.3 is 9.47 Å². The first-order chi connectivity index (χ1) is 12.2. The van der Waals surface area contributed by atoms with Crippen LogP contribution in [0.5, 0.6) is 11.5 Å². The highest BCUT2D eigenvalue weighted by Gasteiger charge is 2.08. The molecule has 0 fully saturated rings. The summed E-state index contributed by atoms with van der Waals surface area (Å²) in [5.74, 6) is 1.53. The Balaban J connectivity index is 2.08. The lowest BCUT2D eigenvalue weighted by Crippen LogP contribution is -2.05. The van der Waals surface area contributed by atoms with Gasteiger partial charge in [0.1, 0.15) is 15.9 Å². The van der Waals surface area contributed by atoms with Gasteiger partial charge in [-0.2, -0.15) is 0 Å². The summed E-state index contributed by atoms with van der Waals surface area (Å²) >= 11 is 3.17. The van der Waals surface area contributed by atoms with Crippen molar-refractivity contribution < 1.29 is 14.3 Å². The number of carbonyl (C=O) groups excluding carboxylic acids is 1. The van der Waals surface area contributed by atoms with Crippen LogP contribution in [0.15, 0.2) is 66.2 Å². The molecule has 0 bridgehead atoms. The molecule has 0 unspecified atom stereocenters. The van der Waals surface area contributed by atoms with E-state index in [1.807, 2.05) is 48.7 Å². The van der Waals surface area contributed by atoms with Gasteiger partial charge >= 0.3 is 5.97 Å². The Kier molecular flexibility index (Phi) is 7.63. The fraction of sp³-hybridized carbons (Fsp3) is 0.158. The number of esters is 1. The Hall–Kier alpha value is -2.18. The summed E-state index contributed by atoms with van der Waals surface area (Å²) in [4.78, 5) is 16.1. The van der Waals surface area contributed by atoms with Gasteiger partial charge in [-0.1, -0.05) is 36.5 Å². The lowest BCUT2D eigenvalue weighted by molar-refractivity contribution is -0.129. The number of para-hydroxylation sites is 1. The molecule has 130 valence electrons. The fourth-order valence-corrected chi connectivity index (χ4v) is 3.44. The van der Waals surface area contributed by atoms with E-state index in [-0.39, 0.29) is 0 Å². The topological polar surface area (TPSA) is 47.9 Å². The average molecular weight is 373 g/mol. The normalized spacial score (nSPS) is 11.0. The minimum atomic E-state index is -0.463. The predicted molar refractivity (Wildman–Crippen MR) is 107 cm³/mol. The van der Waals surface area contributed by atoms with Crippen LogP contribution >= 0.6 is 23.5 Å². The average Bonchev–Trinajstić information content (AvgIpc) is 2.66. The molecule has 0 saturated heterocycles. The number of carbonyl (C=O) groups is 1. The van der Waals surface area contributed by atoms with Crippen molar-refractivity contribution in [1.82, 2.24) is 0 Å². The first kappa shape index (κ1) is 19.1. The Morgan fingerprint density at radius 3 is 2.56 bits per heavy atom. The van der Waals surface area contributed by atoms with Crippen molar-refractivity contribution in [1.29, 1.82) is 0 Å². The molecule has 0 radical (unpaired) electrons. The summed E-state index contributed by atoms with van der Waals surface area (Å²) in [6, 6.07) is 15.0. The molecule has 6 heteroatoms. The van der Waals surface area contributed by atoms with E-state index in [2.05, 4.69) is 11.6 Å². The van der Waals surface area contributed by atoms with Crippen molar-refractivity contribution in [3.8, 4) is 11.5 Å². The maximum Gasteiger partial charge on any atom is 0.335 e. The molecule has 25 heavy (non-hydrogen) atoms. The van der Waals surface area contributed by atoms with Crippen LogP contribution in [0.1, 0.15) is 5.56 Å². The summed E-state index contributed by atoms with van der Waals surface area (Å²) in [6.07, 6.45) is 3.14. The predicted octanol–water partition coefficient (Wildman–Crippen LogP) is 5.07. The minimum absolute atomic E-state index is 0.463. The van der Waals surface area contributed by atoms with Gasteiger partial charge in [-0.25, -0.2) is 9.79 Å². The Bertz CT molecular complexity index is 758. The highest BCUT2D eigenvalue weighted by Crippen LogP contribution is 2.28. The molecular weight excluding hydrogens is 354 g/mol. The summed E-state index contributed by atoms with van der Waals surface area (Å²) in [5.41, 5.74) is 1.79. The number of rotatable bonds is 6. The van der Waals surface area contributed by atoms with Crippen LogP contribution < -0.4 is 9.47 Å². The van der Waals surface area contributed by atoms with Crippen molar-refractivity contribution in [2.75, 3.05) is 13.4 Å². The van der Waals surface area contributed by atoms with Crippen LogP contribution in [-0.4, -0.2) is 23.7 Å². The van der Waals surface area contributed by atoms with E-state index < -0.39 is 5.97 Å². The van der Waals surface area contributed by atoms with Gasteiger partial charge in [-0.3, -0.25) is 0 Å². The van der Waals surface area contributed by atoms with Gasteiger partial charge in [0.05, 0.1) is 12.8 Å². The van der Waals surface area contributed by atoms with Gasteiger partial charge in [-0.05, 0) is 36.6 Å². The quantitative estimate of drug-likeness (QED) is 0.233. The SMILES string of the molecule is C=CC(=O)Oc1ccccc1CSC(=Nc1ccc(OC)cc1)SC. The van der Waals surface area contributed by atoms with Crippen LogP contribution in [0, 0.1) is 0 Å². The molecular formula is C19H19NO3S2. The molecule has 0 aliphatic heterocycles. The molecule has 0 aromatic heterocycles. The van der Waals surface area contributed by atoms with Gasteiger partial charge in [-0.15, -0.1) is 11.8 Å². The standard InChI is InChI=1S/C19H19NO3S2/c1-4-18(21)23-17-8-6-5-7-14(17)13-25-19(24-3)20-15-9-11-16(22-2)12-10-15/h4-12H,1,13H2,2-3H3. The molecule has 0 amide bonds. The molecule has 0 aliphatic rings. The zero-order valence-corrected chi connectivity index (χ0v) is 15.7. The smallest absolute Gasteiger partial charge is 0.335 e. The number of thioether (sulfide) groups is 2. The van der Waals surface area contributed by atoms with E-state index in [0.29, 0.717) is 11.5 Å². The van der Waals surface area contributed by atoms with Gasteiger partial charge in [0, 0.05) is 17.4 Å². The minimum Gasteiger partial charge on any atom is -0.497 e. The number of methoxy groups -OCH3 is 1. The number of aliphatic imine (C=N–C) groups is 1.